The van der Waals surface area contributed by atoms with Gasteiger partial charge in [-0.3, -0.25) is 14.4 Å². The third-order valence-electron chi connectivity index (χ3n) is 7.07. The molecule has 5 rings (SSSR count). The second-order valence-corrected chi connectivity index (χ2v) is 9.59. The van der Waals surface area contributed by atoms with Gasteiger partial charge in [0.05, 0.1) is 17.6 Å². The van der Waals surface area contributed by atoms with E-state index < -0.39 is 36.9 Å². The number of aryl methyl sites for hydroxylation is 1. The van der Waals surface area contributed by atoms with E-state index >= 15 is 0 Å². The van der Waals surface area contributed by atoms with Crippen molar-refractivity contribution in [3.05, 3.63) is 24.8 Å². The van der Waals surface area contributed by atoms with Gasteiger partial charge in [-0.2, -0.15) is 5.10 Å². The zero-order valence-electron chi connectivity index (χ0n) is 20.2. The number of amides is 1. The fourth-order valence-electron chi connectivity index (χ4n) is 5.08. The average molecular weight is 521 g/mol. The van der Waals surface area contributed by atoms with E-state index in [0.717, 1.165) is 0 Å². The van der Waals surface area contributed by atoms with Crippen LogP contribution in [0.15, 0.2) is 24.8 Å². The van der Waals surface area contributed by atoms with E-state index in [-0.39, 0.29) is 18.3 Å². The molecule has 0 aliphatic carbocycles. The van der Waals surface area contributed by atoms with Gasteiger partial charge in [0.25, 0.3) is 12.3 Å². The molecular weight excluding hydrogens is 490 g/mol. The number of likely N-dealkylation sites (tertiary alicyclic amines) is 1. The lowest BCUT2D eigenvalue weighted by molar-refractivity contribution is -0.137. The standard InChI is InChI=1S/C23H30F2N8O4/c1-31-5-4-14(30-31)13-9-33(21-16(13)20(26)28-11-29-21)23-18(35)17(34)19(37-23)22(36)27-8-12-2-6-32(7-3-12)10-15(24)25/h4-5,9,11-12,15,17-19,23,34-35H,2-3,6-8,10H2,1H3,(H,27,36)(H2,26,28,29)/t17-,18+,19-,23+/m0/s1. The highest BCUT2D eigenvalue weighted by molar-refractivity contribution is 5.99. The van der Waals surface area contributed by atoms with Crippen molar-refractivity contribution in [2.45, 2.75) is 43.8 Å². The lowest BCUT2D eigenvalue weighted by Crippen LogP contribution is -2.45. The van der Waals surface area contributed by atoms with E-state index in [9.17, 15) is 23.8 Å². The first-order chi connectivity index (χ1) is 17.7. The van der Waals surface area contributed by atoms with Gasteiger partial charge in [0.15, 0.2) is 12.3 Å². The predicted octanol–water partition coefficient (Wildman–Crippen LogP) is 0.127. The highest BCUT2D eigenvalue weighted by atomic mass is 19.3. The van der Waals surface area contributed by atoms with Crippen LogP contribution in [0.5, 0.6) is 0 Å². The van der Waals surface area contributed by atoms with Crippen LogP contribution in [0.25, 0.3) is 22.3 Å². The number of fused-ring (bicyclic) bond motifs is 1. The largest absolute Gasteiger partial charge is 0.387 e. The number of piperidine rings is 1. The van der Waals surface area contributed by atoms with Crippen molar-refractivity contribution in [1.82, 2.24) is 34.5 Å². The molecule has 2 saturated heterocycles. The Hall–Kier alpha value is -3.20. The summed E-state index contributed by atoms with van der Waals surface area (Å²) < 4.78 is 34.2. The van der Waals surface area contributed by atoms with Crippen LogP contribution in [0.1, 0.15) is 19.1 Å². The van der Waals surface area contributed by atoms with Crippen molar-refractivity contribution in [3.8, 4) is 11.3 Å². The van der Waals surface area contributed by atoms with Crippen LogP contribution < -0.4 is 11.1 Å². The number of nitrogens with two attached hydrogens (primary N) is 1. The molecule has 0 aromatic carbocycles. The first-order valence-electron chi connectivity index (χ1n) is 12.1. The lowest BCUT2D eigenvalue weighted by atomic mass is 9.96. The van der Waals surface area contributed by atoms with Gasteiger partial charge in [-0.05, 0) is 37.9 Å². The van der Waals surface area contributed by atoms with Crippen LogP contribution in [-0.4, -0.2) is 96.3 Å². The summed E-state index contributed by atoms with van der Waals surface area (Å²) in [6, 6.07) is 1.79. The van der Waals surface area contributed by atoms with E-state index in [4.69, 9.17) is 10.5 Å². The molecule has 3 aromatic heterocycles. The number of aliphatic hydroxyl groups is 2. The molecule has 14 heteroatoms. The number of hydrogen-bond donors (Lipinski definition) is 4. The van der Waals surface area contributed by atoms with Crippen molar-refractivity contribution < 1.29 is 28.5 Å². The summed E-state index contributed by atoms with van der Waals surface area (Å²) in [6.45, 7) is 1.17. The number of nitrogens with zero attached hydrogens (tertiary/aromatic N) is 6. The van der Waals surface area contributed by atoms with Gasteiger partial charge in [0.1, 0.15) is 30.0 Å². The highest BCUT2D eigenvalue weighted by Crippen LogP contribution is 2.38. The Morgan fingerprint density at radius 3 is 2.70 bits per heavy atom. The number of ether oxygens (including phenoxy) is 1. The summed E-state index contributed by atoms with van der Waals surface area (Å²) in [5.41, 5.74) is 7.72. The molecule has 12 nitrogen and oxygen atoms in total. The quantitative estimate of drug-likeness (QED) is 0.340. The SMILES string of the molecule is Cn1ccc(-c2cn([C@@H]3O[C@H](C(=O)NCC4CCN(CC(F)F)CC4)[C@@H](O)[C@H]3O)c3ncnc(N)c23)n1. The van der Waals surface area contributed by atoms with E-state index in [2.05, 4.69) is 20.4 Å². The summed E-state index contributed by atoms with van der Waals surface area (Å²) in [4.78, 5) is 23.0. The highest BCUT2D eigenvalue weighted by Gasteiger charge is 2.48. The Morgan fingerprint density at radius 2 is 2.03 bits per heavy atom. The summed E-state index contributed by atoms with van der Waals surface area (Å²) in [7, 11) is 1.78. The summed E-state index contributed by atoms with van der Waals surface area (Å²) in [5, 5.41) is 29.2. The third kappa shape index (κ3) is 5.01. The number of carbonyl (C=O) groups excluding carboxylic acids is 1. The van der Waals surface area contributed by atoms with Gasteiger partial charge in [-0.1, -0.05) is 0 Å². The van der Waals surface area contributed by atoms with Crippen LogP contribution in [0.2, 0.25) is 0 Å². The van der Waals surface area contributed by atoms with Gasteiger partial charge in [0.2, 0.25) is 0 Å². The van der Waals surface area contributed by atoms with E-state index in [1.807, 2.05) is 0 Å². The maximum Gasteiger partial charge on any atom is 0.252 e. The maximum atomic E-state index is 12.9. The number of nitrogens with one attached hydrogen (secondary N) is 1. The zero-order chi connectivity index (χ0) is 26.3. The Kier molecular flexibility index (Phi) is 7.07. The third-order valence-corrected chi connectivity index (χ3v) is 7.07. The molecule has 0 saturated carbocycles. The summed E-state index contributed by atoms with van der Waals surface area (Å²) >= 11 is 0. The van der Waals surface area contributed by atoms with Crippen molar-refractivity contribution in [1.29, 1.82) is 0 Å². The molecule has 4 atom stereocenters. The van der Waals surface area contributed by atoms with Crippen molar-refractivity contribution in [2.24, 2.45) is 13.0 Å². The minimum atomic E-state index is -2.36. The number of carbonyl (C=O) groups is 1. The van der Waals surface area contributed by atoms with Crippen molar-refractivity contribution >= 4 is 22.8 Å². The van der Waals surface area contributed by atoms with E-state index in [1.54, 1.807) is 35.1 Å². The molecule has 0 unspecified atom stereocenters. The van der Waals surface area contributed by atoms with Crippen LogP contribution in [0.4, 0.5) is 14.6 Å². The van der Waals surface area contributed by atoms with Crippen LogP contribution in [-0.2, 0) is 16.6 Å². The molecule has 5 N–H and O–H groups in total. The Balaban J connectivity index is 1.29. The maximum absolute atomic E-state index is 12.9. The van der Waals surface area contributed by atoms with Crippen LogP contribution in [0, 0.1) is 5.92 Å². The number of aromatic nitrogens is 5. The minimum Gasteiger partial charge on any atom is -0.387 e. The molecule has 2 aliphatic rings. The molecule has 0 bridgehead atoms. The zero-order valence-corrected chi connectivity index (χ0v) is 20.2. The molecule has 0 radical (unpaired) electrons. The Bertz CT molecular complexity index is 1260. The van der Waals surface area contributed by atoms with Gasteiger partial charge in [0, 0.05) is 31.5 Å². The number of hydrogen-bond acceptors (Lipinski definition) is 9. The van der Waals surface area contributed by atoms with Gasteiger partial charge in [-0.25, -0.2) is 18.7 Å². The molecule has 3 aromatic rings. The molecule has 2 aliphatic heterocycles. The fourth-order valence-corrected chi connectivity index (χ4v) is 5.08. The van der Waals surface area contributed by atoms with E-state index in [1.165, 1.54) is 10.9 Å². The van der Waals surface area contributed by atoms with Gasteiger partial charge >= 0.3 is 0 Å². The smallest absolute Gasteiger partial charge is 0.252 e. The monoisotopic (exact) mass is 520 g/mol. The molecular formula is C23H30F2N8O4. The summed E-state index contributed by atoms with van der Waals surface area (Å²) in [6.07, 6.45) is -1.62. The number of aliphatic hydroxyl groups excluding tert-OH is 2. The lowest BCUT2D eigenvalue weighted by Gasteiger charge is -2.31. The molecule has 2 fully saturated rings. The van der Waals surface area contributed by atoms with Crippen molar-refractivity contribution in [2.75, 3.05) is 31.9 Å². The summed E-state index contributed by atoms with van der Waals surface area (Å²) in [5.74, 6) is -0.211. The van der Waals surface area contributed by atoms with E-state index in [0.29, 0.717) is 54.8 Å². The normalized spacial score (nSPS) is 25.4. The average Bonchev–Trinajstić information content (AvgIpc) is 3.55. The van der Waals surface area contributed by atoms with Crippen LogP contribution in [0.3, 0.4) is 0 Å². The number of halogens is 2. The second-order valence-electron chi connectivity index (χ2n) is 9.59. The molecule has 37 heavy (non-hydrogen) atoms. The van der Waals surface area contributed by atoms with Gasteiger partial charge in [-0.15, -0.1) is 0 Å². The van der Waals surface area contributed by atoms with Gasteiger partial charge < -0.3 is 30.6 Å². The number of nitrogen functional groups attached to an aromatic ring is 1. The first kappa shape index (κ1) is 25.4. The fraction of sp³-hybridized carbons (Fsp3) is 0.565. The minimum absolute atomic E-state index is 0.131. The Labute approximate surface area is 211 Å². The number of alkyl halides is 2. The van der Waals surface area contributed by atoms with Crippen molar-refractivity contribution in [3.63, 3.8) is 0 Å². The molecule has 1 amide bonds. The number of anilines is 1. The Morgan fingerprint density at radius 1 is 1.27 bits per heavy atom. The first-order valence-corrected chi connectivity index (χ1v) is 12.1. The number of rotatable bonds is 7. The topological polar surface area (TPSA) is 157 Å². The molecule has 5 heterocycles. The van der Waals surface area contributed by atoms with Crippen LogP contribution >= 0.6 is 0 Å². The predicted molar refractivity (Wildman–Crippen MR) is 128 cm³/mol. The molecule has 200 valence electrons. The molecule has 0 spiro atoms. The second kappa shape index (κ2) is 10.3.